The zero-order valence-corrected chi connectivity index (χ0v) is 16.9. The minimum Gasteiger partial charge on any atom is -0.322 e. The predicted molar refractivity (Wildman–Crippen MR) is 108 cm³/mol. The van der Waals surface area contributed by atoms with Crippen LogP contribution in [0.2, 0.25) is 0 Å². The Morgan fingerprint density at radius 2 is 1.92 bits per heavy atom. The van der Waals surface area contributed by atoms with E-state index in [2.05, 4.69) is 21.2 Å². The van der Waals surface area contributed by atoms with Crippen molar-refractivity contribution in [2.45, 2.75) is 26.2 Å². The predicted octanol–water partition coefficient (Wildman–Crippen LogP) is 4.19. The molecular weight excluding hydrogens is 416 g/mol. The molecule has 0 saturated carbocycles. The fraction of sp³-hybridized carbons (Fsp3) is 0.316. The van der Waals surface area contributed by atoms with Crippen molar-refractivity contribution in [3.05, 3.63) is 58.1 Å². The molecule has 0 spiro atoms. The number of fused-ring (bicyclic) bond motifs is 1. The molecule has 26 heavy (non-hydrogen) atoms. The summed E-state index contributed by atoms with van der Waals surface area (Å²) in [5, 5.41) is 2.86. The Balaban J connectivity index is 1.87. The summed E-state index contributed by atoms with van der Waals surface area (Å²) in [6.45, 7) is 2.34. The molecule has 1 amide bonds. The lowest BCUT2D eigenvalue weighted by Gasteiger charge is -2.31. The number of carbonyl (C=O) groups excluding carboxylic acids is 1. The molecule has 0 aliphatic carbocycles. The van der Waals surface area contributed by atoms with Crippen molar-refractivity contribution >= 4 is 43.2 Å². The first-order chi connectivity index (χ1) is 12.4. The van der Waals surface area contributed by atoms with Gasteiger partial charge in [-0.05, 0) is 61.2 Å². The van der Waals surface area contributed by atoms with Crippen LogP contribution in [-0.4, -0.2) is 26.6 Å². The molecule has 1 aliphatic rings. The lowest BCUT2D eigenvalue weighted by molar-refractivity contribution is 0.102. The standard InChI is InChI=1S/C19H21BrN2O3S/c1-2-12-26(24,25)22-11-3-4-14-7-10-17(13-18(14)22)21-19(23)15-5-8-16(20)9-6-15/h5-10,13H,2-4,11-12H2,1H3,(H,21,23). The maximum Gasteiger partial charge on any atom is 0.255 e. The third-order valence-electron chi connectivity index (χ3n) is 4.32. The number of amides is 1. The van der Waals surface area contributed by atoms with Gasteiger partial charge in [0.15, 0.2) is 0 Å². The van der Waals surface area contributed by atoms with Gasteiger partial charge in [0.2, 0.25) is 10.0 Å². The minimum absolute atomic E-state index is 0.127. The monoisotopic (exact) mass is 436 g/mol. The number of hydrogen-bond acceptors (Lipinski definition) is 3. The zero-order valence-electron chi connectivity index (χ0n) is 14.5. The second-order valence-electron chi connectivity index (χ2n) is 6.30. The maximum atomic E-state index is 12.6. The molecule has 5 nitrogen and oxygen atoms in total. The molecule has 2 aromatic rings. The van der Waals surface area contributed by atoms with Crippen molar-refractivity contribution < 1.29 is 13.2 Å². The van der Waals surface area contributed by atoms with E-state index < -0.39 is 10.0 Å². The molecule has 3 rings (SSSR count). The second kappa shape index (κ2) is 7.80. The number of rotatable bonds is 5. The van der Waals surface area contributed by atoms with E-state index in [1.807, 2.05) is 19.1 Å². The first kappa shape index (κ1) is 18.9. The largest absolute Gasteiger partial charge is 0.322 e. The highest BCUT2D eigenvalue weighted by Crippen LogP contribution is 2.32. The fourth-order valence-electron chi connectivity index (χ4n) is 3.08. The van der Waals surface area contributed by atoms with Crippen molar-refractivity contribution in [3.8, 4) is 0 Å². The summed E-state index contributed by atoms with van der Waals surface area (Å²) < 4.78 is 27.5. The molecule has 0 atom stereocenters. The van der Waals surface area contributed by atoms with Crippen LogP contribution in [0.25, 0.3) is 0 Å². The second-order valence-corrected chi connectivity index (χ2v) is 9.22. The van der Waals surface area contributed by atoms with Gasteiger partial charge in [-0.1, -0.05) is 28.9 Å². The molecule has 0 aromatic heterocycles. The summed E-state index contributed by atoms with van der Waals surface area (Å²) in [5.41, 5.74) is 2.81. The quantitative estimate of drug-likeness (QED) is 0.763. The average Bonchev–Trinajstić information content (AvgIpc) is 2.61. The molecule has 1 heterocycles. The molecule has 7 heteroatoms. The molecule has 138 valence electrons. The van der Waals surface area contributed by atoms with Gasteiger partial charge in [0.05, 0.1) is 11.4 Å². The smallest absolute Gasteiger partial charge is 0.255 e. The van der Waals surface area contributed by atoms with Crippen LogP contribution in [0.1, 0.15) is 35.7 Å². The first-order valence-electron chi connectivity index (χ1n) is 8.61. The Labute approximate surface area is 162 Å². The number of sulfonamides is 1. The van der Waals surface area contributed by atoms with Crippen LogP contribution in [0.5, 0.6) is 0 Å². The molecule has 1 aliphatic heterocycles. The molecule has 1 N–H and O–H groups in total. The molecule has 0 unspecified atom stereocenters. The van der Waals surface area contributed by atoms with Crippen LogP contribution in [0.3, 0.4) is 0 Å². The van der Waals surface area contributed by atoms with Crippen molar-refractivity contribution in [3.63, 3.8) is 0 Å². The summed E-state index contributed by atoms with van der Waals surface area (Å²) in [4.78, 5) is 12.4. The number of aryl methyl sites for hydroxylation is 1. The van der Waals surface area contributed by atoms with Crippen LogP contribution < -0.4 is 9.62 Å². The van der Waals surface area contributed by atoms with Gasteiger partial charge in [0.1, 0.15) is 0 Å². The highest BCUT2D eigenvalue weighted by atomic mass is 79.9. The van der Waals surface area contributed by atoms with Gasteiger partial charge in [-0.15, -0.1) is 0 Å². The molecule has 0 radical (unpaired) electrons. The molecule has 2 aromatic carbocycles. The van der Waals surface area contributed by atoms with E-state index in [0.717, 1.165) is 22.9 Å². The van der Waals surface area contributed by atoms with E-state index in [1.165, 1.54) is 4.31 Å². The van der Waals surface area contributed by atoms with Crippen molar-refractivity contribution in [1.29, 1.82) is 0 Å². The Morgan fingerprint density at radius 1 is 1.19 bits per heavy atom. The Hall–Kier alpha value is -1.86. The topological polar surface area (TPSA) is 66.5 Å². The van der Waals surface area contributed by atoms with Crippen LogP contribution in [0, 0.1) is 0 Å². The summed E-state index contributed by atoms with van der Waals surface area (Å²) in [7, 11) is -3.33. The molecule has 0 saturated heterocycles. The summed E-state index contributed by atoms with van der Waals surface area (Å²) >= 11 is 3.35. The fourth-order valence-corrected chi connectivity index (χ4v) is 4.96. The highest BCUT2D eigenvalue weighted by molar-refractivity contribution is 9.10. The van der Waals surface area contributed by atoms with E-state index in [-0.39, 0.29) is 11.7 Å². The van der Waals surface area contributed by atoms with Crippen molar-refractivity contribution in [2.75, 3.05) is 21.9 Å². The van der Waals surface area contributed by atoms with Gasteiger partial charge in [-0.2, -0.15) is 0 Å². The van der Waals surface area contributed by atoms with E-state index in [1.54, 1.807) is 30.3 Å². The van der Waals surface area contributed by atoms with Crippen molar-refractivity contribution in [1.82, 2.24) is 0 Å². The Kier molecular flexibility index (Phi) is 5.67. The molecular formula is C19H21BrN2O3S. The van der Waals surface area contributed by atoms with Crippen LogP contribution in [-0.2, 0) is 16.4 Å². The Bertz CT molecular complexity index is 911. The lowest BCUT2D eigenvalue weighted by atomic mass is 10.0. The molecule has 0 fully saturated rings. The minimum atomic E-state index is -3.33. The number of benzene rings is 2. The lowest BCUT2D eigenvalue weighted by Crippen LogP contribution is -2.37. The van der Waals surface area contributed by atoms with Crippen LogP contribution in [0.4, 0.5) is 11.4 Å². The van der Waals surface area contributed by atoms with E-state index in [9.17, 15) is 13.2 Å². The van der Waals surface area contributed by atoms with Gasteiger partial charge in [0.25, 0.3) is 5.91 Å². The van der Waals surface area contributed by atoms with Crippen molar-refractivity contribution in [2.24, 2.45) is 0 Å². The SMILES string of the molecule is CCCS(=O)(=O)N1CCCc2ccc(NC(=O)c3ccc(Br)cc3)cc21. The third kappa shape index (κ3) is 4.10. The van der Waals surface area contributed by atoms with Gasteiger partial charge < -0.3 is 5.32 Å². The van der Waals surface area contributed by atoms with Gasteiger partial charge in [0, 0.05) is 22.3 Å². The van der Waals surface area contributed by atoms with Gasteiger partial charge >= 0.3 is 0 Å². The maximum absolute atomic E-state index is 12.6. The normalized spacial score (nSPS) is 14.0. The molecule has 0 bridgehead atoms. The summed E-state index contributed by atoms with van der Waals surface area (Å²) in [5.74, 6) is -0.0988. The van der Waals surface area contributed by atoms with Gasteiger partial charge in [-0.3, -0.25) is 9.10 Å². The summed E-state index contributed by atoms with van der Waals surface area (Å²) in [6.07, 6.45) is 2.23. The number of nitrogens with zero attached hydrogens (tertiary/aromatic N) is 1. The first-order valence-corrected chi connectivity index (χ1v) is 11.0. The van der Waals surface area contributed by atoms with Gasteiger partial charge in [-0.25, -0.2) is 8.42 Å². The van der Waals surface area contributed by atoms with Crippen LogP contribution in [0.15, 0.2) is 46.9 Å². The third-order valence-corrected chi connectivity index (χ3v) is 6.83. The zero-order chi connectivity index (χ0) is 18.7. The van der Waals surface area contributed by atoms with Crippen LogP contribution >= 0.6 is 15.9 Å². The average molecular weight is 437 g/mol. The number of hydrogen-bond donors (Lipinski definition) is 1. The van der Waals surface area contributed by atoms with E-state index in [4.69, 9.17) is 0 Å². The summed E-state index contributed by atoms with van der Waals surface area (Å²) in [6, 6.07) is 12.6. The number of nitrogens with one attached hydrogen (secondary N) is 1. The number of carbonyl (C=O) groups is 1. The number of anilines is 2. The number of halogens is 1. The van der Waals surface area contributed by atoms with E-state index >= 15 is 0 Å². The highest BCUT2D eigenvalue weighted by Gasteiger charge is 2.27. The Morgan fingerprint density at radius 3 is 2.62 bits per heavy atom. The van der Waals surface area contributed by atoms with E-state index in [0.29, 0.717) is 29.9 Å².